The largest absolute Gasteiger partial charge is 0.497 e. The average molecular weight is 291 g/mol. The molecule has 0 amide bonds. The van der Waals surface area contributed by atoms with Crippen molar-refractivity contribution in [3.8, 4) is 5.75 Å². The summed E-state index contributed by atoms with van der Waals surface area (Å²) in [6, 6.07) is 6.09. The van der Waals surface area contributed by atoms with E-state index < -0.39 is 0 Å². The van der Waals surface area contributed by atoms with Crippen LogP contribution < -0.4 is 15.4 Å². The van der Waals surface area contributed by atoms with E-state index in [-0.39, 0.29) is 5.84 Å². The highest BCUT2D eigenvalue weighted by Gasteiger charge is 2.27. The number of hydrogen-bond donors (Lipinski definition) is 2. The first-order chi connectivity index (χ1) is 10.1. The first kappa shape index (κ1) is 15.5. The van der Waals surface area contributed by atoms with Crippen LogP contribution in [0.25, 0.3) is 0 Å². The van der Waals surface area contributed by atoms with Crippen molar-refractivity contribution in [3.05, 3.63) is 23.8 Å². The summed E-state index contributed by atoms with van der Waals surface area (Å²) in [6.07, 6.45) is 4.97. The van der Waals surface area contributed by atoms with Gasteiger partial charge >= 0.3 is 0 Å². The maximum absolute atomic E-state index is 9.00. The first-order valence-electron chi connectivity index (χ1n) is 7.47. The van der Waals surface area contributed by atoms with Crippen LogP contribution in [0.3, 0.4) is 0 Å². The Kier molecular flexibility index (Phi) is 4.94. The Labute approximate surface area is 126 Å². The molecule has 1 aliphatic carbocycles. The monoisotopic (exact) mass is 291 g/mol. The van der Waals surface area contributed by atoms with Crippen LogP contribution in [0.15, 0.2) is 23.4 Å². The minimum absolute atomic E-state index is 0.128. The number of hydrogen-bond acceptors (Lipinski definition) is 4. The van der Waals surface area contributed by atoms with Gasteiger partial charge in [-0.25, -0.2) is 0 Å². The molecular formula is C16H25N3O2. The lowest BCUT2D eigenvalue weighted by Crippen LogP contribution is -2.40. The van der Waals surface area contributed by atoms with Gasteiger partial charge in [0.05, 0.1) is 12.8 Å². The van der Waals surface area contributed by atoms with Crippen LogP contribution in [-0.2, 0) is 0 Å². The van der Waals surface area contributed by atoms with E-state index in [0.29, 0.717) is 12.0 Å². The zero-order chi connectivity index (χ0) is 15.4. The molecule has 2 unspecified atom stereocenters. The summed E-state index contributed by atoms with van der Waals surface area (Å²) in [6.45, 7) is 2.30. The quantitative estimate of drug-likeness (QED) is 0.387. The van der Waals surface area contributed by atoms with Crippen LogP contribution in [0.4, 0.5) is 5.69 Å². The predicted octanol–water partition coefficient (Wildman–Crippen LogP) is 2.80. The third-order valence-corrected chi connectivity index (χ3v) is 4.53. The van der Waals surface area contributed by atoms with Gasteiger partial charge in [0.15, 0.2) is 5.84 Å². The summed E-state index contributed by atoms with van der Waals surface area (Å²) in [4.78, 5) is 2.25. The molecule has 1 fully saturated rings. The van der Waals surface area contributed by atoms with Crippen LogP contribution in [0.1, 0.15) is 38.2 Å². The van der Waals surface area contributed by atoms with E-state index in [2.05, 4.69) is 24.0 Å². The fourth-order valence-electron chi connectivity index (χ4n) is 3.25. The number of anilines is 1. The first-order valence-corrected chi connectivity index (χ1v) is 7.47. The molecule has 3 N–H and O–H groups in total. The van der Waals surface area contributed by atoms with E-state index in [1.807, 2.05) is 18.2 Å². The average Bonchev–Trinajstić information content (AvgIpc) is 2.53. The summed E-state index contributed by atoms with van der Waals surface area (Å²) in [5, 5.41) is 12.1. The molecule has 0 saturated heterocycles. The molecule has 0 bridgehead atoms. The van der Waals surface area contributed by atoms with E-state index in [1.165, 1.54) is 25.7 Å². The van der Waals surface area contributed by atoms with E-state index in [1.54, 1.807) is 7.11 Å². The molecule has 2 atom stereocenters. The maximum atomic E-state index is 9.00. The smallest absolute Gasteiger partial charge is 0.172 e. The lowest BCUT2D eigenvalue weighted by Gasteiger charge is -2.38. The molecule has 0 spiro atoms. The Hall–Kier alpha value is -1.91. The summed E-state index contributed by atoms with van der Waals surface area (Å²) in [5.41, 5.74) is 7.50. The second-order valence-electron chi connectivity index (χ2n) is 5.81. The predicted molar refractivity (Wildman–Crippen MR) is 85.3 cm³/mol. The van der Waals surface area contributed by atoms with Crippen molar-refractivity contribution in [2.75, 3.05) is 19.1 Å². The van der Waals surface area contributed by atoms with Crippen LogP contribution in [0.5, 0.6) is 5.75 Å². The Morgan fingerprint density at radius 1 is 1.38 bits per heavy atom. The molecule has 1 saturated carbocycles. The molecule has 0 radical (unpaired) electrons. The zero-order valence-electron chi connectivity index (χ0n) is 13.0. The summed E-state index contributed by atoms with van der Waals surface area (Å²) in [7, 11) is 3.72. The summed E-state index contributed by atoms with van der Waals surface area (Å²) < 4.78 is 5.32. The molecule has 1 aromatic rings. The number of nitrogens with zero attached hydrogens (tertiary/aromatic N) is 2. The number of oxime groups is 1. The highest BCUT2D eigenvalue weighted by molar-refractivity contribution is 6.02. The van der Waals surface area contributed by atoms with Gasteiger partial charge in [-0.15, -0.1) is 0 Å². The van der Waals surface area contributed by atoms with Crippen molar-refractivity contribution < 1.29 is 9.94 Å². The molecule has 0 aromatic heterocycles. The van der Waals surface area contributed by atoms with Crippen LogP contribution in [0.2, 0.25) is 0 Å². The van der Waals surface area contributed by atoms with Crippen molar-refractivity contribution in [2.24, 2.45) is 16.8 Å². The van der Waals surface area contributed by atoms with Crippen molar-refractivity contribution >= 4 is 11.5 Å². The number of benzene rings is 1. The van der Waals surface area contributed by atoms with Crippen molar-refractivity contribution in [2.45, 2.75) is 38.6 Å². The Bertz CT molecular complexity index is 516. The van der Waals surface area contributed by atoms with Crippen molar-refractivity contribution in [1.29, 1.82) is 0 Å². The molecular weight excluding hydrogens is 266 g/mol. The third-order valence-electron chi connectivity index (χ3n) is 4.53. The van der Waals surface area contributed by atoms with Gasteiger partial charge in [0.25, 0.3) is 0 Å². The van der Waals surface area contributed by atoms with Gasteiger partial charge in [-0.05, 0) is 30.9 Å². The molecule has 0 aliphatic heterocycles. The fourth-order valence-corrected chi connectivity index (χ4v) is 3.25. The minimum atomic E-state index is 0.128. The summed E-state index contributed by atoms with van der Waals surface area (Å²) in [5.74, 6) is 1.54. The van der Waals surface area contributed by atoms with Crippen LogP contribution in [-0.4, -0.2) is 31.2 Å². The van der Waals surface area contributed by atoms with Gasteiger partial charge in [-0.3, -0.25) is 0 Å². The zero-order valence-corrected chi connectivity index (χ0v) is 13.0. The van der Waals surface area contributed by atoms with E-state index in [0.717, 1.165) is 17.0 Å². The SMILES string of the molecule is COc1ccc(/C(N)=N/O)c(N(C)C2CCCCC2C)c1. The van der Waals surface area contributed by atoms with Crippen LogP contribution in [0, 0.1) is 5.92 Å². The normalized spacial score (nSPS) is 22.9. The van der Waals surface area contributed by atoms with Crippen LogP contribution >= 0.6 is 0 Å². The lowest BCUT2D eigenvalue weighted by molar-refractivity contribution is 0.318. The molecule has 5 heteroatoms. The lowest BCUT2D eigenvalue weighted by atomic mass is 9.84. The topological polar surface area (TPSA) is 71.1 Å². The molecule has 116 valence electrons. The standard InChI is InChI=1S/C16H25N3O2/c1-11-6-4-5-7-14(11)19(2)15-10-12(21-3)8-9-13(15)16(17)18-20/h8-11,14,20H,4-7H2,1-3H3,(H2,17,18). The van der Waals surface area contributed by atoms with E-state index in [9.17, 15) is 0 Å². The Morgan fingerprint density at radius 2 is 2.10 bits per heavy atom. The van der Waals surface area contributed by atoms with E-state index >= 15 is 0 Å². The second-order valence-corrected chi connectivity index (χ2v) is 5.81. The molecule has 21 heavy (non-hydrogen) atoms. The van der Waals surface area contributed by atoms with Gasteiger partial charge in [0, 0.05) is 24.7 Å². The van der Waals surface area contributed by atoms with Crippen molar-refractivity contribution in [3.63, 3.8) is 0 Å². The highest BCUT2D eigenvalue weighted by Crippen LogP contribution is 2.33. The van der Waals surface area contributed by atoms with Gasteiger partial charge in [0.2, 0.25) is 0 Å². The van der Waals surface area contributed by atoms with Gasteiger partial charge in [-0.1, -0.05) is 24.9 Å². The molecule has 1 aromatic carbocycles. The van der Waals surface area contributed by atoms with Gasteiger partial charge in [0.1, 0.15) is 5.75 Å². The highest BCUT2D eigenvalue weighted by atomic mass is 16.5. The number of amidine groups is 1. The van der Waals surface area contributed by atoms with Gasteiger partial charge < -0.3 is 20.6 Å². The maximum Gasteiger partial charge on any atom is 0.172 e. The Morgan fingerprint density at radius 3 is 2.71 bits per heavy atom. The number of ether oxygens (including phenoxy) is 1. The molecule has 0 heterocycles. The number of rotatable bonds is 4. The Balaban J connectivity index is 2.39. The summed E-state index contributed by atoms with van der Waals surface area (Å²) >= 11 is 0. The van der Waals surface area contributed by atoms with E-state index in [4.69, 9.17) is 15.7 Å². The second kappa shape index (κ2) is 6.70. The molecule has 2 rings (SSSR count). The molecule has 1 aliphatic rings. The fraction of sp³-hybridized carbons (Fsp3) is 0.562. The van der Waals surface area contributed by atoms with Gasteiger partial charge in [-0.2, -0.15) is 0 Å². The number of nitrogens with two attached hydrogens (primary N) is 1. The molecule has 5 nitrogen and oxygen atoms in total. The number of methoxy groups -OCH3 is 1. The van der Waals surface area contributed by atoms with Crippen molar-refractivity contribution in [1.82, 2.24) is 0 Å². The third kappa shape index (κ3) is 3.23. The minimum Gasteiger partial charge on any atom is -0.497 e.